The van der Waals surface area contributed by atoms with Gasteiger partial charge in [-0.2, -0.15) is 0 Å². The van der Waals surface area contributed by atoms with Crippen LogP contribution in [0.4, 0.5) is 0 Å². The maximum atomic E-state index is 12.7. The molecule has 1 saturated heterocycles. The van der Waals surface area contributed by atoms with Gasteiger partial charge in [0.15, 0.2) is 5.11 Å². The number of amides is 1. The van der Waals surface area contributed by atoms with Crippen LogP contribution in [0.3, 0.4) is 0 Å². The minimum atomic E-state index is -0.0167. The zero-order valence-electron chi connectivity index (χ0n) is 13.2. The molecule has 122 valence electrons. The van der Waals surface area contributed by atoms with Crippen molar-refractivity contribution in [3.05, 3.63) is 35.9 Å². The number of likely N-dealkylation sites (tertiary alicyclic amines) is 1. The van der Waals surface area contributed by atoms with E-state index in [1.807, 2.05) is 6.07 Å². The van der Waals surface area contributed by atoms with E-state index in [2.05, 4.69) is 39.8 Å². The highest BCUT2D eigenvalue weighted by Gasteiger charge is 2.41. The predicted molar refractivity (Wildman–Crippen MR) is 94.2 cm³/mol. The van der Waals surface area contributed by atoms with Gasteiger partial charge in [0.1, 0.15) is 0 Å². The number of carbonyl (C=O) groups is 1. The highest BCUT2D eigenvalue weighted by molar-refractivity contribution is 7.80. The van der Waals surface area contributed by atoms with Gasteiger partial charge in [-0.1, -0.05) is 30.3 Å². The number of hydrogen-bond acceptors (Lipinski definition) is 2. The largest absolute Gasteiger partial charge is 0.360 e. The monoisotopic (exact) mass is 329 g/mol. The zero-order chi connectivity index (χ0) is 15.8. The lowest BCUT2D eigenvalue weighted by atomic mass is 9.88. The Kier molecular flexibility index (Phi) is 3.97. The van der Waals surface area contributed by atoms with E-state index >= 15 is 0 Å². The first kappa shape index (κ1) is 14.9. The average molecular weight is 329 g/mol. The third-order valence-corrected chi connectivity index (χ3v) is 5.38. The molecule has 0 aromatic heterocycles. The van der Waals surface area contributed by atoms with Gasteiger partial charge in [-0.05, 0) is 43.5 Å². The van der Waals surface area contributed by atoms with Gasteiger partial charge < -0.3 is 15.5 Å². The van der Waals surface area contributed by atoms with Crippen LogP contribution >= 0.6 is 12.2 Å². The van der Waals surface area contributed by atoms with Crippen LogP contribution in [0.15, 0.2) is 30.3 Å². The number of benzene rings is 1. The molecule has 2 aliphatic carbocycles. The SMILES string of the molecule is O=C(NC1CC1)[C@@H]1CN(C(=S)NC2CC2)C[C@@H]1c1ccccc1. The third kappa shape index (κ3) is 3.50. The van der Waals surface area contributed by atoms with Gasteiger partial charge in [-0.15, -0.1) is 0 Å². The first-order valence-electron chi connectivity index (χ1n) is 8.61. The number of carbonyl (C=O) groups excluding carboxylic acids is 1. The maximum absolute atomic E-state index is 12.7. The smallest absolute Gasteiger partial charge is 0.225 e. The fraction of sp³-hybridized carbons (Fsp3) is 0.556. The van der Waals surface area contributed by atoms with Crippen molar-refractivity contribution >= 4 is 23.2 Å². The molecule has 4 rings (SSSR count). The lowest BCUT2D eigenvalue weighted by Gasteiger charge is -2.20. The summed E-state index contributed by atoms with van der Waals surface area (Å²) in [6.45, 7) is 1.54. The fourth-order valence-electron chi connectivity index (χ4n) is 3.30. The predicted octanol–water partition coefficient (Wildman–Crippen LogP) is 2.02. The number of rotatable bonds is 4. The van der Waals surface area contributed by atoms with Crippen molar-refractivity contribution in [1.82, 2.24) is 15.5 Å². The van der Waals surface area contributed by atoms with Crippen LogP contribution in [0.1, 0.15) is 37.2 Å². The van der Waals surface area contributed by atoms with Gasteiger partial charge in [0, 0.05) is 31.1 Å². The van der Waals surface area contributed by atoms with Crippen LogP contribution < -0.4 is 10.6 Å². The Labute approximate surface area is 142 Å². The zero-order valence-corrected chi connectivity index (χ0v) is 14.0. The lowest BCUT2D eigenvalue weighted by Crippen LogP contribution is -2.41. The highest BCUT2D eigenvalue weighted by atomic mass is 32.1. The molecule has 0 radical (unpaired) electrons. The van der Waals surface area contributed by atoms with Crippen LogP contribution in [-0.2, 0) is 4.79 Å². The normalized spacial score (nSPS) is 26.9. The van der Waals surface area contributed by atoms with Gasteiger partial charge in [0.05, 0.1) is 5.92 Å². The fourth-order valence-corrected chi connectivity index (χ4v) is 3.62. The van der Waals surface area contributed by atoms with Gasteiger partial charge in [-0.25, -0.2) is 0 Å². The average Bonchev–Trinajstić information content (AvgIpc) is 3.49. The molecular formula is C18H23N3OS. The second kappa shape index (κ2) is 6.11. The molecule has 0 bridgehead atoms. The van der Waals surface area contributed by atoms with E-state index in [1.54, 1.807) is 0 Å². The first-order chi connectivity index (χ1) is 11.2. The first-order valence-corrected chi connectivity index (χ1v) is 9.02. The Hall–Kier alpha value is -1.62. The molecule has 0 unspecified atom stereocenters. The molecular weight excluding hydrogens is 306 g/mol. The van der Waals surface area contributed by atoms with E-state index in [0.29, 0.717) is 12.1 Å². The second-order valence-corrected chi connectivity index (χ2v) is 7.42. The van der Waals surface area contributed by atoms with E-state index in [9.17, 15) is 4.79 Å². The number of nitrogens with zero attached hydrogens (tertiary/aromatic N) is 1. The van der Waals surface area contributed by atoms with Crippen LogP contribution in [0.2, 0.25) is 0 Å². The number of thiocarbonyl (C=S) groups is 1. The minimum Gasteiger partial charge on any atom is -0.360 e. The molecule has 23 heavy (non-hydrogen) atoms. The van der Waals surface area contributed by atoms with Gasteiger partial charge in [0.2, 0.25) is 5.91 Å². The Bertz CT molecular complexity index is 598. The van der Waals surface area contributed by atoms with E-state index in [-0.39, 0.29) is 17.7 Å². The molecule has 1 amide bonds. The van der Waals surface area contributed by atoms with Crippen molar-refractivity contribution in [2.75, 3.05) is 13.1 Å². The van der Waals surface area contributed by atoms with Crippen molar-refractivity contribution in [3.63, 3.8) is 0 Å². The van der Waals surface area contributed by atoms with Crippen molar-refractivity contribution < 1.29 is 4.79 Å². The second-order valence-electron chi connectivity index (χ2n) is 7.04. The van der Waals surface area contributed by atoms with Gasteiger partial charge in [0.25, 0.3) is 0 Å². The van der Waals surface area contributed by atoms with E-state index < -0.39 is 0 Å². The Morgan fingerprint density at radius 1 is 1.00 bits per heavy atom. The molecule has 1 heterocycles. The van der Waals surface area contributed by atoms with Crippen molar-refractivity contribution in [2.24, 2.45) is 5.92 Å². The summed E-state index contributed by atoms with van der Waals surface area (Å²) in [6, 6.07) is 11.3. The molecule has 2 atom stereocenters. The number of nitrogens with one attached hydrogen (secondary N) is 2. The minimum absolute atomic E-state index is 0.0167. The molecule has 2 saturated carbocycles. The van der Waals surface area contributed by atoms with Crippen LogP contribution in [0, 0.1) is 5.92 Å². The van der Waals surface area contributed by atoms with Gasteiger partial charge in [-0.3, -0.25) is 4.79 Å². The standard InChI is InChI=1S/C18H23N3OS/c22-17(19-13-6-7-13)16-11-21(18(23)20-14-8-9-14)10-15(16)12-4-2-1-3-5-12/h1-5,13-16H,6-11H2,(H,19,22)(H,20,23)/t15-,16-/m1/s1. The van der Waals surface area contributed by atoms with E-state index in [4.69, 9.17) is 12.2 Å². The molecule has 3 aliphatic rings. The highest BCUT2D eigenvalue weighted by Crippen LogP contribution is 2.34. The Balaban J connectivity index is 1.50. The summed E-state index contributed by atoms with van der Waals surface area (Å²) in [5.41, 5.74) is 1.24. The van der Waals surface area contributed by atoms with Crippen molar-refractivity contribution in [1.29, 1.82) is 0 Å². The Morgan fingerprint density at radius 2 is 1.65 bits per heavy atom. The summed E-state index contributed by atoms with van der Waals surface area (Å²) in [5, 5.41) is 7.40. The maximum Gasteiger partial charge on any atom is 0.225 e. The Morgan fingerprint density at radius 3 is 2.30 bits per heavy atom. The molecule has 0 spiro atoms. The summed E-state index contributed by atoms with van der Waals surface area (Å²) in [5.74, 6) is 0.393. The lowest BCUT2D eigenvalue weighted by molar-refractivity contribution is -0.125. The summed E-state index contributed by atoms with van der Waals surface area (Å²) in [7, 11) is 0. The molecule has 4 nitrogen and oxygen atoms in total. The molecule has 5 heteroatoms. The molecule has 1 aliphatic heterocycles. The van der Waals surface area contributed by atoms with Crippen LogP contribution in [0.25, 0.3) is 0 Å². The molecule has 3 fully saturated rings. The third-order valence-electron chi connectivity index (χ3n) is 5.00. The van der Waals surface area contributed by atoms with E-state index in [0.717, 1.165) is 31.0 Å². The number of hydrogen-bond donors (Lipinski definition) is 2. The van der Waals surface area contributed by atoms with Crippen LogP contribution in [-0.4, -0.2) is 41.1 Å². The molecule has 1 aromatic carbocycles. The van der Waals surface area contributed by atoms with Crippen molar-refractivity contribution in [2.45, 2.75) is 43.7 Å². The molecule has 2 N–H and O–H groups in total. The summed E-state index contributed by atoms with van der Waals surface area (Å²) >= 11 is 5.56. The molecule has 1 aromatic rings. The van der Waals surface area contributed by atoms with E-state index in [1.165, 1.54) is 18.4 Å². The van der Waals surface area contributed by atoms with Crippen LogP contribution in [0.5, 0.6) is 0 Å². The summed E-state index contributed by atoms with van der Waals surface area (Å²) < 4.78 is 0. The quantitative estimate of drug-likeness (QED) is 0.830. The van der Waals surface area contributed by atoms with Crippen molar-refractivity contribution in [3.8, 4) is 0 Å². The topological polar surface area (TPSA) is 44.4 Å². The summed E-state index contributed by atoms with van der Waals surface area (Å²) in [6.07, 6.45) is 4.67. The van der Waals surface area contributed by atoms with Gasteiger partial charge >= 0.3 is 0 Å². The summed E-state index contributed by atoms with van der Waals surface area (Å²) in [4.78, 5) is 14.9.